The van der Waals surface area contributed by atoms with E-state index in [0.717, 1.165) is 30.9 Å². The number of amides is 1. The Labute approximate surface area is 164 Å². The van der Waals surface area contributed by atoms with Crippen LogP contribution in [0.2, 0.25) is 5.15 Å². The van der Waals surface area contributed by atoms with E-state index in [0.29, 0.717) is 30.1 Å². The van der Waals surface area contributed by atoms with Crippen LogP contribution >= 0.6 is 11.6 Å². The van der Waals surface area contributed by atoms with Crippen LogP contribution in [-0.2, 0) is 11.3 Å². The Morgan fingerprint density at radius 2 is 1.89 bits per heavy atom. The number of hydrogen-bond acceptors (Lipinski definition) is 5. The smallest absolute Gasteiger partial charge is 0.246 e. The highest BCUT2D eigenvalue weighted by Gasteiger charge is 2.21. The molecule has 0 bridgehead atoms. The van der Waals surface area contributed by atoms with E-state index < -0.39 is 0 Å². The molecule has 1 fully saturated rings. The minimum atomic E-state index is -0.0179. The van der Waals surface area contributed by atoms with Gasteiger partial charge in [-0.1, -0.05) is 25.4 Å². The second-order valence-corrected chi connectivity index (χ2v) is 7.42. The Morgan fingerprint density at radius 1 is 1.22 bits per heavy atom. The van der Waals surface area contributed by atoms with Gasteiger partial charge >= 0.3 is 0 Å². The first-order chi connectivity index (χ1) is 13.0. The second kappa shape index (κ2) is 8.52. The lowest BCUT2D eigenvalue weighted by Gasteiger charge is -2.34. The molecule has 3 rings (SSSR count). The van der Waals surface area contributed by atoms with E-state index >= 15 is 0 Å². The second-order valence-electron chi connectivity index (χ2n) is 7.06. The molecule has 8 heteroatoms. The third-order valence-corrected chi connectivity index (χ3v) is 4.87. The zero-order chi connectivity index (χ0) is 19.4. The number of carbonyl (C=O) groups is 1. The molecule has 2 aromatic heterocycles. The summed E-state index contributed by atoms with van der Waals surface area (Å²) in [7, 11) is 0. The monoisotopic (exact) mass is 388 g/mol. The molecule has 1 aliphatic rings. The van der Waals surface area contributed by atoms with Crippen molar-refractivity contribution in [1.82, 2.24) is 24.6 Å². The maximum absolute atomic E-state index is 12.5. The first-order valence-electron chi connectivity index (χ1n) is 9.17. The Kier molecular flexibility index (Phi) is 6.11. The predicted molar refractivity (Wildman–Crippen MR) is 107 cm³/mol. The molecule has 2 aromatic rings. The van der Waals surface area contributed by atoms with E-state index in [2.05, 4.69) is 33.8 Å². The number of anilines is 1. The molecule has 0 aliphatic carbocycles. The lowest BCUT2D eigenvalue weighted by molar-refractivity contribution is -0.126. The molecule has 1 saturated heterocycles. The minimum absolute atomic E-state index is 0.0179. The van der Waals surface area contributed by atoms with Gasteiger partial charge in [0.2, 0.25) is 11.9 Å². The molecule has 1 aliphatic heterocycles. The van der Waals surface area contributed by atoms with Crippen LogP contribution in [0.25, 0.3) is 6.08 Å². The van der Waals surface area contributed by atoms with Crippen LogP contribution in [0.5, 0.6) is 0 Å². The number of aryl methyl sites for hydroxylation is 1. The fraction of sp³-hybridized carbons (Fsp3) is 0.474. The van der Waals surface area contributed by atoms with E-state index in [1.807, 2.05) is 11.8 Å². The molecule has 27 heavy (non-hydrogen) atoms. The first-order valence-corrected chi connectivity index (χ1v) is 9.55. The summed E-state index contributed by atoms with van der Waals surface area (Å²) in [6, 6.07) is 1.80. The third-order valence-electron chi connectivity index (χ3n) is 4.47. The largest absolute Gasteiger partial charge is 0.337 e. The normalized spacial score (nSPS) is 15.1. The summed E-state index contributed by atoms with van der Waals surface area (Å²) in [4.78, 5) is 25.0. The molecular weight excluding hydrogens is 364 g/mol. The zero-order valence-electron chi connectivity index (χ0n) is 16.0. The summed E-state index contributed by atoms with van der Waals surface area (Å²) >= 11 is 6.43. The molecule has 144 valence electrons. The average molecular weight is 389 g/mol. The lowest BCUT2D eigenvalue weighted by Crippen LogP contribution is -2.48. The molecule has 0 spiro atoms. The highest BCUT2D eigenvalue weighted by molar-refractivity contribution is 6.31. The van der Waals surface area contributed by atoms with Crippen molar-refractivity contribution >= 4 is 29.5 Å². The SMILES string of the molecule is Cc1nn(CC(C)C)c(Cl)c1/C=C/C(=O)N1CCN(c2ncccn2)CC1. The lowest BCUT2D eigenvalue weighted by atomic mass is 10.2. The zero-order valence-corrected chi connectivity index (χ0v) is 16.7. The van der Waals surface area contributed by atoms with Gasteiger partial charge in [0.25, 0.3) is 0 Å². The van der Waals surface area contributed by atoms with Crippen LogP contribution in [0.4, 0.5) is 5.95 Å². The standard InChI is InChI=1S/C19H25ClN6O/c1-14(2)13-26-18(20)16(15(3)23-26)5-6-17(27)24-9-11-25(12-10-24)19-21-7-4-8-22-19/h4-8,14H,9-13H2,1-3H3/b6-5+. The number of rotatable bonds is 5. The molecular formula is C19H25ClN6O. The summed E-state index contributed by atoms with van der Waals surface area (Å²) in [5.41, 5.74) is 1.64. The Bertz CT molecular complexity index is 809. The van der Waals surface area contributed by atoms with E-state index in [1.165, 1.54) is 0 Å². The summed E-state index contributed by atoms with van der Waals surface area (Å²) in [6.45, 7) is 9.61. The summed E-state index contributed by atoms with van der Waals surface area (Å²) in [5, 5.41) is 5.05. The van der Waals surface area contributed by atoms with E-state index in [9.17, 15) is 4.79 Å². The van der Waals surface area contributed by atoms with Crippen molar-refractivity contribution in [3.63, 3.8) is 0 Å². The molecule has 0 N–H and O–H groups in total. The van der Waals surface area contributed by atoms with Gasteiger partial charge in [0.15, 0.2) is 0 Å². The van der Waals surface area contributed by atoms with Gasteiger partial charge in [-0.05, 0) is 25.0 Å². The topological polar surface area (TPSA) is 67.2 Å². The number of hydrogen-bond donors (Lipinski definition) is 0. The van der Waals surface area contributed by atoms with Gasteiger partial charge in [0.1, 0.15) is 5.15 Å². The van der Waals surface area contributed by atoms with Crippen molar-refractivity contribution in [1.29, 1.82) is 0 Å². The number of piperazine rings is 1. The van der Waals surface area contributed by atoms with E-state index in [4.69, 9.17) is 11.6 Å². The molecule has 0 saturated carbocycles. The molecule has 7 nitrogen and oxygen atoms in total. The van der Waals surface area contributed by atoms with Gasteiger partial charge in [-0.25, -0.2) is 9.97 Å². The summed E-state index contributed by atoms with van der Waals surface area (Å²) in [6.07, 6.45) is 6.82. The third kappa shape index (κ3) is 4.66. The molecule has 1 amide bonds. The van der Waals surface area contributed by atoms with Crippen molar-refractivity contribution in [2.24, 2.45) is 5.92 Å². The number of halogens is 1. The number of aromatic nitrogens is 4. The fourth-order valence-electron chi connectivity index (χ4n) is 3.06. The van der Waals surface area contributed by atoms with Gasteiger partial charge in [0, 0.05) is 56.8 Å². The van der Waals surface area contributed by atoms with Crippen LogP contribution in [0, 0.1) is 12.8 Å². The van der Waals surface area contributed by atoms with Crippen LogP contribution in [0.15, 0.2) is 24.5 Å². The van der Waals surface area contributed by atoms with Gasteiger partial charge in [-0.15, -0.1) is 0 Å². The van der Waals surface area contributed by atoms with Crippen molar-refractivity contribution in [3.8, 4) is 0 Å². The van der Waals surface area contributed by atoms with Crippen molar-refractivity contribution in [2.75, 3.05) is 31.1 Å². The Balaban J connectivity index is 1.61. The van der Waals surface area contributed by atoms with Crippen molar-refractivity contribution in [2.45, 2.75) is 27.3 Å². The molecule has 0 aromatic carbocycles. The molecule has 0 radical (unpaired) electrons. The quantitative estimate of drug-likeness (QED) is 0.736. The minimum Gasteiger partial charge on any atom is -0.337 e. The van der Waals surface area contributed by atoms with Gasteiger partial charge in [-0.3, -0.25) is 9.48 Å². The van der Waals surface area contributed by atoms with Gasteiger partial charge in [-0.2, -0.15) is 5.10 Å². The Morgan fingerprint density at radius 3 is 2.52 bits per heavy atom. The van der Waals surface area contributed by atoms with Crippen molar-refractivity contribution < 1.29 is 4.79 Å². The highest BCUT2D eigenvalue weighted by Crippen LogP contribution is 2.22. The van der Waals surface area contributed by atoms with E-state index in [-0.39, 0.29) is 5.91 Å². The van der Waals surface area contributed by atoms with Crippen LogP contribution in [0.1, 0.15) is 25.1 Å². The summed E-state index contributed by atoms with van der Waals surface area (Å²) in [5.74, 6) is 1.14. The number of nitrogens with zero attached hydrogens (tertiary/aromatic N) is 6. The maximum Gasteiger partial charge on any atom is 0.246 e. The Hall–Kier alpha value is -2.41. The first kappa shape index (κ1) is 19.4. The predicted octanol–water partition coefficient (Wildman–Crippen LogP) is 2.65. The number of carbonyl (C=O) groups excluding carboxylic acids is 1. The van der Waals surface area contributed by atoms with Crippen molar-refractivity contribution in [3.05, 3.63) is 40.9 Å². The summed E-state index contributed by atoms with van der Waals surface area (Å²) < 4.78 is 1.80. The van der Waals surface area contributed by atoms with Crippen LogP contribution in [-0.4, -0.2) is 56.7 Å². The van der Waals surface area contributed by atoms with E-state index in [1.54, 1.807) is 35.3 Å². The molecule has 0 atom stereocenters. The van der Waals surface area contributed by atoms with Crippen LogP contribution < -0.4 is 4.90 Å². The highest BCUT2D eigenvalue weighted by atomic mass is 35.5. The van der Waals surface area contributed by atoms with Crippen LogP contribution in [0.3, 0.4) is 0 Å². The molecule has 0 unspecified atom stereocenters. The van der Waals surface area contributed by atoms with Gasteiger partial charge < -0.3 is 9.80 Å². The molecule has 3 heterocycles. The maximum atomic E-state index is 12.5. The average Bonchev–Trinajstić information content (AvgIpc) is 2.93. The fourth-order valence-corrected chi connectivity index (χ4v) is 3.37. The van der Waals surface area contributed by atoms with Gasteiger partial charge in [0.05, 0.1) is 5.69 Å².